The molecule has 12 nitrogen and oxygen atoms in total. The molecule has 13 heteroatoms. The fraction of sp³-hybridized carbons (Fsp3) is 1.00. The molecule has 0 aromatic heterocycles. The van der Waals surface area contributed by atoms with E-state index in [0.717, 1.165) is 6.92 Å². The molecular weight excluding hydrogens is 380 g/mol. The van der Waals surface area contributed by atoms with Crippen LogP contribution in [0, 0.1) is 0 Å². The first kappa shape index (κ1) is 21.8. The molecule has 26 heavy (non-hydrogen) atoms. The Balaban J connectivity index is 2.22. The molecule has 0 aliphatic carbocycles. The minimum Gasteiger partial charge on any atom is -0.388 e. The van der Waals surface area contributed by atoms with Crippen LogP contribution in [0.4, 0.5) is 0 Å². The van der Waals surface area contributed by atoms with E-state index < -0.39 is 71.3 Å². The minimum absolute atomic E-state index is 0.950. The molecule has 2 aliphatic heterocycles. The zero-order chi connectivity index (χ0) is 20.0. The lowest BCUT2D eigenvalue weighted by atomic mass is 9.93. The van der Waals surface area contributed by atoms with E-state index in [4.69, 9.17) is 18.8 Å². The zero-order valence-corrected chi connectivity index (χ0v) is 15.1. The molecule has 0 spiro atoms. The fourth-order valence-electron chi connectivity index (χ4n) is 3.03. The summed E-state index contributed by atoms with van der Waals surface area (Å²) < 4.78 is 50.9. The molecule has 2 unspecified atom stereocenters. The van der Waals surface area contributed by atoms with Gasteiger partial charge in [0, 0.05) is 0 Å². The number of rotatable bonds is 4. The predicted octanol–water partition coefficient (Wildman–Crippen LogP) is -3.12. The van der Waals surface area contributed by atoms with Gasteiger partial charge in [-0.25, -0.2) is 4.18 Å². The Labute approximate surface area is 149 Å². The number of aliphatic hydroxyl groups is 5. The van der Waals surface area contributed by atoms with Gasteiger partial charge in [0.2, 0.25) is 0 Å². The molecule has 2 fully saturated rings. The monoisotopic (exact) mass is 404 g/mol. The van der Waals surface area contributed by atoms with E-state index in [1.165, 1.54) is 13.8 Å². The SMILES string of the molecule is C[C@@H]1OC(O[C@H]2[C@H](O)[C@H](OS(=O)(=O)O)[C@H](C)OC2(C)O)[C@@H](O)[C@H](O)[C@@H]1O. The number of hydrogen-bond donors (Lipinski definition) is 6. The van der Waals surface area contributed by atoms with E-state index >= 15 is 0 Å². The van der Waals surface area contributed by atoms with Crippen LogP contribution in [0.1, 0.15) is 20.8 Å². The van der Waals surface area contributed by atoms with Crippen LogP contribution in [0.2, 0.25) is 0 Å². The van der Waals surface area contributed by atoms with Crippen molar-refractivity contribution in [2.45, 2.75) is 81.7 Å². The Kier molecular flexibility index (Phi) is 6.32. The van der Waals surface area contributed by atoms with Crippen molar-refractivity contribution in [3.05, 3.63) is 0 Å². The molecular formula is C13H24O12S. The van der Waals surface area contributed by atoms with E-state index in [9.17, 15) is 34.0 Å². The van der Waals surface area contributed by atoms with Crippen LogP contribution in [-0.2, 0) is 28.8 Å². The van der Waals surface area contributed by atoms with Crippen molar-refractivity contribution in [1.29, 1.82) is 0 Å². The smallest absolute Gasteiger partial charge is 0.388 e. The third kappa shape index (κ3) is 4.51. The highest BCUT2D eigenvalue weighted by Crippen LogP contribution is 2.34. The van der Waals surface area contributed by atoms with Gasteiger partial charge in [-0.15, -0.1) is 0 Å². The summed E-state index contributed by atoms with van der Waals surface area (Å²) in [5, 5.41) is 50.2. The van der Waals surface area contributed by atoms with Gasteiger partial charge in [-0.1, -0.05) is 0 Å². The molecule has 2 rings (SSSR count). The summed E-state index contributed by atoms with van der Waals surface area (Å²) >= 11 is 0. The molecule has 2 aliphatic rings. The summed E-state index contributed by atoms with van der Waals surface area (Å²) in [6.45, 7) is 3.80. The number of aliphatic hydroxyl groups excluding tert-OH is 4. The maximum Gasteiger partial charge on any atom is 0.397 e. The van der Waals surface area contributed by atoms with Crippen LogP contribution < -0.4 is 0 Å². The van der Waals surface area contributed by atoms with Gasteiger partial charge in [0.25, 0.3) is 0 Å². The van der Waals surface area contributed by atoms with Gasteiger partial charge >= 0.3 is 10.4 Å². The molecule has 2 heterocycles. The second-order valence-electron chi connectivity index (χ2n) is 6.59. The Morgan fingerprint density at radius 3 is 2.08 bits per heavy atom. The van der Waals surface area contributed by atoms with Crippen molar-refractivity contribution in [3.8, 4) is 0 Å². The molecule has 10 atom stereocenters. The number of ether oxygens (including phenoxy) is 3. The average molecular weight is 404 g/mol. The summed E-state index contributed by atoms with van der Waals surface area (Å²) in [5.41, 5.74) is 0. The quantitative estimate of drug-likeness (QED) is 0.259. The first-order valence-corrected chi connectivity index (χ1v) is 9.20. The fourth-order valence-corrected chi connectivity index (χ4v) is 3.58. The van der Waals surface area contributed by atoms with E-state index in [1.807, 2.05) is 0 Å². The summed E-state index contributed by atoms with van der Waals surface area (Å²) in [4.78, 5) is 0. The van der Waals surface area contributed by atoms with Crippen molar-refractivity contribution in [2.75, 3.05) is 0 Å². The van der Waals surface area contributed by atoms with Crippen LogP contribution >= 0.6 is 0 Å². The molecule has 0 aromatic rings. The van der Waals surface area contributed by atoms with Gasteiger partial charge in [0.15, 0.2) is 12.1 Å². The second-order valence-corrected chi connectivity index (χ2v) is 7.64. The van der Waals surface area contributed by atoms with Gasteiger partial charge in [-0.05, 0) is 20.8 Å². The third-order valence-corrected chi connectivity index (χ3v) is 4.85. The third-order valence-electron chi connectivity index (χ3n) is 4.38. The Morgan fingerprint density at radius 1 is 0.962 bits per heavy atom. The topological polar surface area (TPSA) is 192 Å². The van der Waals surface area contributed by atoms with E-state index in [1.54, 1.807) is 0 Å². The van der Waals surface area contributed by atoms with Crippen molar-refractivity contribution >= 4 is 10.4 Å². The lowest BCUT2D eigenvalue weighted by Crippen LogP contribution is -2.67. The van der Waals surface area contributed by atoms with Gasteiger partial charge in [0.1, 0.15) is 36.6 Å². The summed E-state index contributed by atoms with van der Waals surface area (Å²) in [7, 11) is -4.95. The minimum atomic E-state index is -4.95. The molecule has 0 saturated carbocycles. The lowest BCUT2D eigenvalue weighted by Gasteiger charge is -2.48. The molecule has 2 saturated heterocycles. The van der Waals surface area contributed by atoms with Crippen molar-refractivity contribution in [3.63, 3.8) is 0 Å². The highest BCUT2D eigenvalue weighted by molar-refractivity contribution is 7.80. The van der Waals surface area contributed by atoms with Crippen LogP contribution in [0.3, 0.4) is 0 Å². The van der Waals surface area contributed by atoms with Crippen LogP contribution in [0.25, 0.3) is 0 Å². The molecule has 0 amide bonds. The standard InChI is InChI=1S/C13H24O12S/c1-4-6(14)7(15)8(16)12(22-4)23-11-9(17)10(25-26(19,20)21)5(2)24-13(11,3)18/h4-12,14-18H,1-3H3,(H,19,20,21)/t4-,5-,6+,7+,8-,9+,10+,11-,12?,13?/m0/s1. The number of hydrogen-bond acceptors (Lipinski definition) is 11. The summed E-state index contributed by atoms with van der Waals surface area (Å²) in [6.07, 6.45) is -13.6. The van der Waals surface area contributed by atoms with Gasteiger partial charge < -0.3 is 39.7 Å². The Morgan fingerprint density at radius 2 is 1.54 bits per heavy atom. The summed E-state index contributed by atoms with van der Waals surface area (Å²) in [5.74, 6) is -2.16. The van der Waals surface area contributed by atoms with Crippen LogP contribution in [0.15, 0.2) is 0 Å². The van der Waals surface area contributed by atoms with Crippen molar-refractivity contribution in [1.82, 2.24) is 0 Å². The Bertz CT molecular complexity index is 594. The Hall–Kier alpha value is -0.450. The molecule has 0 radical (unpaired) electrons. The van der Waals surface area contributed by atoms with Crippen LogP contribution in [-0.4, -0.2) is 99.4 Å². The predicted molar refractivity (Wildman–Crippen MR) is 80.8 cm³/mol. The normalized spacial score (nSPS) is 50.6. The highest BCUT2D eigenvalue weighted by Gasteiger charge is 2.55. The van der Waals surface area contributed by atoms with E-state index in [2.05, 4.69) is 4.18 Å². The van der Waals surface area contributed by atoms with E-state index in [-0.39, 0.29) is 0 Å². The largest absolute Gasteiger partial charge is 0.397 e. The maximum atomic E-state index is 11.0. The second kappa shape index (κ2) is 7.52. The first-order chi connectivity index (χ1) is 11.7. The van der Waals surface area contributed by atoms with E-state index in [0.29, 0.717) is 0 Å². The zero-order valence-electron chi connectivity index (χ0n) is 14.2. The van der Waals surface area contributed by atoms with Crippen LogP contribution in [0.5, 0.6) is 0 Å². The average Bonchev–Trinajstić information content (AvgIpc) is 2.49. The molecule has 154 valence electrons. The van der Waals surface area contributed by atoms with Gasteiger partial charge in [-0.3, -0.25) is 4.55 Å². The van der Waals surface area contributed by atoms with Gasteiger partial charge in [-0.2, -0.15) is 8.42 Å². The first-order valence-electron chi connectivity index (χ1n) is 7.83. The molecule has 0 aromatic carbocycles. The molecule has 6 N–H and O–H groups in total. The molecule has 0 bridgehead atoms. The van der Waals surface area contributed by atoms with Crippen molar-refractivity contribution in [2.24, 2.45) is 0 Å². The van der Waals surface area contributed by atoms with Crippen molar-refractivity contribution < 1.29 is 56.9 Å². The van der Waals surface area contributed by atoms with Gasteiger partial charge in [0.05, 0.1) is 12.2 Å². The summed E-state index contributed by atoms with van der Waals surface area (Å²) in [6, 6.07) is 0. The maximum absolute atomic E-state index is 11.0. The lowest BCUT2D eigenvalue weighted by molar-refractivity contribution is -0.384. The highest BCUT2D eigenvalue weighted by atomic mass is 32.3.